The summed E-state index contributed by atoms with van der Waals surface area (Å²) in [5, 5.41) is 13.2. The molecule has 2 heteroatoms. The van der Waals surface area contributed by atoms with Gasteiger partial charge < -0.3 is 0 Å². The number of alkyl halides is 1. The van der Waals surface area contributed by atoms with Gasteiger partial charge in [-0.25, -0.2) is 5.11 Å². The van der Waals surface area contributed by atoms with Crippen molar-refractivity contribution in [2.24, 2.45) is 0 Å². The van der Waals surface area contributed by atoms with Gasteiger partial charge in [0.1, 0.15) is 0 Å². The summed E-state index contributed by atoms with van der Waals surface area (Å²) in [5.41, 5.74) is -0.0288. The normalized spacial score (nSPS) is 13.0. The quantitative estimate of drug-likeness (QED) is 0.670. The third-order valence-electron chi connectivity index (χ3n) is 2.26. The summed E-state index contributed by atoms with van der Waals surface area (Å²) < 4.78 is 0. The Kier molecular flexibility index (Phi) is 2.71. The maximum atomic E-state index is 10.9. The van der Waals surface area contributed by atoms with Crippen LogP contribution in [0.3, 0.4) is 0 Å². The molecule has 0 saturated heterocycles. The van der Waals surface area contributed by atoms with Gasteiger partial charge in [0.05, 0.1) is 0 Å². The highest BCUT2D eigenvalue weighted by molar-refractivity contribution is 6.19. The SMILES string of the molecule is [O]C(Cl)Cc1cccc2ccccc12. The van der Waals surface area contributed by atoms with Crippen molar-refractivity contribution in [3.05, 3.63) is 48.0 Å². The molecule has 2 aromatic carbocycles. The monoisotopic (exact) mass is 205 g/mol. The fraction of sp³-hybridized carbons (Fsp3) is 0.167. The van der Waals surface area contributed by atoms with E-state index >= 15 is 0 Å². The lowest BCUT2D eigenvalue weighted by molar-refractivity contribution is 0.159. The van der Waals surface area contributed by atoms with Crippen LogP contribution in [-0.2, 0) is 11.5 Å². The minimum absolute atomic E-state index is 0.378. The Morgan fingerprint density at radius 1 is 1.07 bits per heavy atom. The van der Waals surface area contributed by atoms with Crippen LogP contribution in [0.4, 0.5) is 0 Å². The highest BCUT2D eigenvalue weighted by Crippen LogP contribution is 2.20. The molecule has 0 amide bonds. The molecule has 1 radical (unpaired) electrons. The highest BCUT2D eigenvalue weighted by atomic mass is 35.5. The van der Waals surface area contributed by atoms with Gasteiger partial charge in [0.25, 0.3) is 0 Å². The Bertz CT molecular complexity index is 432. The van der Waals surface area contributed by atoms with Gasteiger partial charge in [-0.05, 0) is 16.3 Å². The predicted molar refractivity (Wildman–Crippen MR) is 58.0 cm³/mol. The van der Waals surface area contributed by atoms with E-state index in [-0.39, 0.29) is 0 Å². The van der Waals surface area contributed by atoms with Crippen LogP contribution in [0.25, 0.3) is 10.8 Å². The van der Waals surface area contributed by atoms with Gasteiger partial charge in [-0.2, -0.15) is 0 Å². The molecular formula is C12H10ClO. The number of halogens is 1. The molecule has 1 nitrogen and oxygen atoms in total. The molecule has 0 aliphatic heterocycles. The zero-order chi connectivity index (χ0) is 9.97. The number of benzene rings is 2. The van der Waals surface area contributed by atoms with Crippen molar-refractivity contribution in [2.45, 2.75) is 12.0 Å². The van der Waals surface area contributed by atoms with Crippen molar-refractivity contribution >= 4 is 22.4 Å². The summed E-state index contributed by atoms with van der Waals surface area (Å²) in [5.74, 6) is 0. The summed E-state index contributed by atoms with van der Waals surface area (Å²) in [7, 11) is 0. The molecule has 0 fully saturated rings. The van der Waals surface area contributed by atoms with Crippen LogP contribution in [0.2, 0.25) is 0 Å². The number of hydrogen-bond donors (Lipinski definition) is 0. The second-order valence-corrected chi connectivity index (χ2v) is 3.74. The van der Waals surface area contributed by atoms with Crippen molar-refractivity contribution in [3.8, 4) is 0 Å². The molecule has 0 N–H and O–H groups in total. The van der Waals surface area contributed by atoms with E-state index in [0.717, 1.165) is 16.3 Å². The molecule has 0 heterocycles. The van der Waals surface area contributed by atoms with E-state index in [0.29, 0.717) is 6.42 Å². The molecular weight excluding hydrogens is 196 g/mol. The molecule has 0 aliphatic carbocycles. The lowest BCUT2D eigenvalue weighted by Crippen LogP contribution is -1.99. The molecule has 0 aromatic heterocycles. The van der Waals surface area contributed by atoms with E-state index in [4.69, 9.17) is 11.6 Å². The fourth-order valence-corrected chi connectivity index (χ4v) is 1.81. The smallest absolute Gasteiger partial charge is 0.170 e. The first-order chi connectivity index (χ1) is 6.77. The van der Waals surface area contributed by atoms with E-state index in [1.807, 2.05) is 42.5 Å². The molecule has 2 rings (SSSR count). The van der Waals surface area contributed by atoms with Crippen molar-refractivity contribution in [1.29, 1.82) is 0 Å². The average molecular weight is 206 g/mol. The summed E-state index contributed by atoms with van der Waals surface area (Å²) in [6.07, 6.45) is 0.378. The van der Waals surface area contributed by atoms with Gasteiger partial charge in [-0.15, -0.1) is 0 Å². The first-order valence-corrected chi connectivity index (χ1v) is 4.97. The molecule has 0 bridgehead atoms. The van der Waals surface area contributed by atoms with E-state index in [9.17, 15) is 5.11 Å². The highest BCUT2D eigenvalue weighted by Gasteiger charge is 2.05. The minimum Gasteiger partial charge on any atom is -0.215 e. The van der Waals surface area contributed by atoms with Gasteiger partial charge in [-0.3, -0.25) is 0 Å². The van der Waals surface area contributed by atoms with Crippen LogP contribution in [-0.4, -0.2) is 5.56 Å². The fourth-order valence-electron chi connectivity index (χ4n) is 1.64. The zero-order valence-electron chi connectivity index (χ0n) is 7.61. The van der Waals surface area contributed by atoms with Crippen LogP contribution >= 0.6 is 11.6 Å². The van der Waals surface area contributed by atoms with Crippen LogP contribution in [0.1, 0.15) is 5.56 Å². The molecule has 1 unspecified atom stereocenters. The molecule has 1 atom stereocenters. The Balaban J connectivity index is 2.53. The van der Waals surface area contributed by atoms with Gasteiger partial charge in [-0.1, -0.05) is 54.1 Å². The predicted octanol–water partition coefficient (Wildman–Crippen LogP) is 3.38. The molecule has 14 heavy (non-hydrogen) atoms. The second kappa shape index (κ2) is 3.99. The van der Waals surface area contributed by atoms with E-state index in [2.05, 4.69) is 0 Å². The Morgan fingerprint density at radius 2 is 1.79 bits per heavy atom. The zero-order valence-corrected chi connectivity index (χ0v) is 8.37. The average Bonchev–Trinajstić information content (AvgIpc) is 2.18. The van der Waals surface area contributed by atoms with Crippen molar-refractivity contribution in [1.82, 2.24) is 0 Å². The summed E-state index contributed by atoms with van der Waals surface area (Å²) in [6, 6.07) is 14.0. The van der Waals surface area contributed by atoms with Gasteiger partial charge in [0.15, 0.2) is 5.56 Å². The lowest BCUT2D eigenvalue weighted by atomic mass is 10.0. The van der Waals surface area contributed by atoms with E-state index in [1.165, 1.54) is 0 Å². The molecule has 71 valence electrons. The first-order valence-electron chi connectivity index (χ1n) is 4.54. The maximum absolute atomic E-state index is 10.9. The minimum atomic E-state index is -1.05. The Morgan fingerprint density at radius 3 is 2.57 bits per heavy atom. The summed E-state index contributed by atoms with van der Waals surface area (Å²) >= 11 is 5.46. The third kappa shape index (κ3) is 1.89. The van der Waals surface area contributed by atoms with Crippen LogP contribution in [0, 0.1) is 0 Å². The third-order valence-corrected chi connectivity index (χ3v) is 2.41. The van der Waals surface area contributed by atoms with Crippen molar-refractivity contribution in [2.75, 3.05) is 0 Å². The Hall–Kier alpha value is -1.05. The van der Waals surface area contributed by atoms with E-state index < -0.39 is 5.56 Å². The number of rotatable bonds is 2. The summed E-state index contributed by atoms with van der Waals surface area (Å²) in [4.78, 5) is 0. The molecule has 0 spiro atoms. The van der Waals surface area contributed by atoms with Gasteiger partial charge in [0.2, 0.25) is 0 Å². The lowest BCUT2D eigenvalue weighted by Gasteiger charge is -2.05. The van der Waals surface area contributed by atoms with Crippen LogP contribution in [0.5, 0.6) is 0 Å². The first kappa shape index (κ1) is 9.50. The largest absolute Gasteiger partial charge is 0.215 e. The molecule has 0 saturated carbocycles. The van der Waals surface area contributed by atoms with Gasteiger partial charge >= 0.3 is 0 Å². The van der Waals surface area contributed by atoms with Crippen LogP contribution in [0.15, 0.2) is 42.5 Å². The number of hydrogen-bond acceptors (Lipinski definition) is 0. The topological polar surface area (TPSA) is 19.9 Å². The van der Waals surface area contributed by atoms with Crippen molar-refractivity contribution < 1.29 is 5.11 Å². The second-order valence-electron chi connectivity index (χ2n) is 3.25. The molecule has 2 aromatic rings. The van der Waals surface area contributed by atoms with Crippen molar-refractivity contribution in [3.63, 3.8) is 0 Å². The molecule has 0 aliphatic rings. The standard InChI is InChI=1S/C12H10ClO/c13-12(14)8-10-6-3-5-9-4-1-2-7-11(9)10/h1-7,12H,8H2. The van der Waals surface area contributed by atoms with Gasteiger partial charge in [0, 0.05) is 6.42 Å². The summed E-state index contributed by atoms with van der Waals surface area (Å²) in [6.45, 7) is 0. The Labute approximate surface area is 87.9 Å². The van der Waals surface area contributed by atoms with E-state index in [1.54, 1.807) is 0 Å². The van der Waals surface area contributed by atoms with Crippen LogP contribution < -0.4 is 0 Å². The number of fused-ring (bicyclic) bond motifs is 1. The maximum Gasteiger partial charge on any atom is 0.170 e.